The fourth-order valence-electron chi connectivity index (χ4n) is 4.09. The number of sulfonamides is 1. The number of carbonyl (C=O) groups is 2. The quantitative estimate of drug-likeness (QED) is 0.734. The zero-order valence-corrected chi connectivity index (χ0v) is 19.2. The van der Waals surface area contributed by atoms with Gasteiger partial charge >= 0.3 is 0 Å². The number of rotatable bonds is 4. The second-order valence-electron chi connectivity index (χ2n) is 8.40. The van der Waals surface area contributed by atoms with Gasteiger partial charge in [0.2, 0.25) is 15.9 Å². The second-order valence-corrected chi connectivity index (χ2v) is 10.3. The summed E-state index contributed by atoms with van der Waals surface area (Å²) in [6.07, 6.45) is 0.206. The highest BCUT2D eigenvalue weighted by Crippen LogP contribution is 2.36. The Bertz CT molecular complexity index is 1170. The summed E-state index contributed by atoms with van der Waals surface area (Å²) in [6.45, 7) is 5.79. The summed E-state index contributed by atoms with van der Waals surface area (Å²) < 4.78 is 33.7. The third-order valence-electron chi connectivity index (χ3n) is 5.94. The van der Waals surface area contributed by atoms with Gasteiger partial charge in [-0.15, -0.1) is 0 Å². The van der Waals surface area contributed by atoms with Crippen molar-refractivity contribution in [1.82, 2.24) is 4.31 Å². The summed E-state index contributed by atoms with van der Waals surface area (Å²) in [7, 11) is -3.76. The molecule has 2 heterocycles. The molecular weight excluding hydrogens is 430 g/mol. The van der Waals surface area contributed by atoms with E-state index in [1.807, 2.05) is 31.2 Å². The van der Waals surface area contributed by atoms with Crippen LogP contribution in [0.1, 0.15) is 30.9 Å². The second kappa shape index (κ2) is 8.55. The number of hydrogen-bond acceptors (Lipinski definition) is 5. The van der Waals surface area contributed by atoms with Crippen LogP contribution in [0.2, 0.25) is 0 Å². The van der Waals surface area contributed by atoms with E-state index in [1.54, 1.807) is 19.9 Å². The summed E-state index contributed by atoms with van der Waals surface area (Å²) >= 11 is 0. The fourth-order valence-corrected chi connectivity index (χ4v) is 5.78. The van der Waals surface area contributed by atoms with Gasteiger partial charge in [-0.3, -0.25) is 9.59 Å². The van der Waals surface area contributed by atoms with Crippen LogP contribution in [0.15, 0.2) is 41.3 Å². The molecule has 1 fully saturated rings. The summed E-state index contributed by atoms with van der Waals surface area (Å²) in [5, 5.41) is 5.66. The van der Waals surface area contributed by atoms with Crippen LogP contribution in [0.5, 0.6) is 5.75 Å². The molecule has 2 aromatic rings. The number of carbonyl (C=O) groups excluding carboxylic acids is 2. The Morgan fingerprint density at radius 1 is 1.16 bits per heavy atom. The van der Waals surface area contributed by atoms with E-state index in [0.717, 1.165) is 11.3 Å². The molecule has 2 aliphatic rings. The molecule has 0 unspecified atom stereocenters. The van der Waals surface area contributed by atoms with Crippen molar-refractivity contribution in [2.24, 2.45) is 5.92 Å². The third-order valence-corrected chi connectivity index (χ3v) is 7.98. The van der Waals surface area contributed by atoms with E-state index >= 15 is 0 Å². The molecule has 0 spiro atoms. The number of nitrogens with zero attached hydrogens (tertiary/aromatic N) is 1. The van der Waals surface area contributed by atoms with Crippen molar-refractivity contribution < 1.29 is 22.7 Å². The molecule has 1 saturated heterocycles. The molecule has 8 nitrogen and oxygen atoms in total. The molecule has 1 atom stereocenters. The van der Waals surface area contributed by atoms with Crippen molar-refractivity contribution in [3.8, 4) is 5.75 Å². The number of ether oxygens (including phenoxy) is 1. The smallest absolute Gasteiger partial charge is 0.265 e. The molecule has 0 aliphatic carbocycles. The van der Waals surface area contributed by atoms with E-state index in [1.165, 1.54) is 10.4 Å². The zero-order chi connectivity index (χ0) is 23.0. The maximum absolute atomic E-state index is 13.3. The normalized spacial score (nSPS) is 19.6. The SMILES string of the molecule is Cc1cccc(NC(=O)C2CCN(S(=O)(=O)c3cc4c(cc3C)NC(=O)[C@H](C)O4)CC2)c1. The van der Waals surface area contributed by atoms with E-state index in [-0.39, 0.29) is 35.7 Å². The summed E-state index contributed by atoms with van der Waals surface area (Å²) in [4.78, 5) is 24.6. The molecular formula is C23H27N3O5S. The van der Waals surface area contributed by atoms with Crippen LogP contribution in [-0.2, 0) is 19.6 Å². The molecule has 32 heavy (non-hydrogen) atoms. The Morgan fingerprint density at radius 3 is 2.56 bits per heavy atom. The van der Waals surface area contributed by atoms with Crippen molar-refractivity contribution in [2.75, 3.05) is 23.7 Å². The van der Waals surface area contributed by atoms with Gasteiger partial charge in [0.15, 0.2) is 6.10 Å². The number of anilines is 2. The molecule has 2 aliphatic heterocycles. The van der Waals surface area contributed by atoms with Gasteiger partial charge in [-0.1, -0.05) is 12.1 Å². The number of nitrogens with one attached hydrogen (secondary N) is 2. The number of piperidine rings is 1. The van der Waals surface area contributed by atoms with Crippen molar-refractivity contribution >= 4 is 33.2 Å². The van der Waals surface area contributed by atoms with Gasteiger partial charge in [0.25, 0.3) is 5.91 Å². The van der Waals surface area contributed by atoms with Crippen LogP contribution in [-0.4, -0.2) is 43.7 Å². The van der Waals surface area contributed by atoms with Gasteiger partial charge in [-0.2, -0.15) is 4.31 Å². The molecule has 2 aromatic carbocycles. The van der Waals surface area contributed by atoms with Crippen LogP contribution < -0.4 is 15.4 Å². The van der Waals surface area contributed by atoms with Crippen LogP contribution in [0.4, 0.5) is 11.4 Å². The Hall–Kier alpha value is -2.91. The van der Waals surface area contributed by atoms with Crippen molar-refractivity contribution in [1.29, 1.82) is 0 Å². The maximum Gasteiger partial charge on any atom is 0.265 e. The largest absolute Gasteiger partial charge is 0.479 e. The minimum atomic E-state index is -3.76. The zero-order valence-electron chi connectivity index (χ0n) is 18.3. The van der Waals surface area contributed by atoms with E-state index in [9.17, 15) is 18.0 Å². The van der Waals surface area contributed by atoms with Gasteiger partial charge < -0.3 is 15.4 Å². The van der Waals surface area contributed by atoms with Crippen LogP contribution in [0.25, 0.3) is 0 Å². The lowest BCUT2D eigenvalue weighted by Crippen LogP contribution is -2.41. The summed E-state index contributed by atoms with van der Waals surface area (Å²) in [5.74, 6) is -0.256. The van der Waals surface area contributed by atoms with Gasteiger partial charge in [-0.05, 0) is 62.9 Å². The Balaban J connectivity index is 1.46. The maximum atomic E-state index is 13.3. The number of amides is 2. The molecule has 2 N–H and O–H groups in total. The number of aryl methyl sites for hydroxylation is 2. The Labute approximate surface area is 188 Å². The Kier molecular flexibility index (Phi) is 5.96. The number of fused-ring (bicyclic) bond motifs is 1. The average molecular weight is 458 g/mol. The number of hydrogen-bond donors (Lipinski definition) is 2. The topological polar surface area (TPSA) is 105 Å². The monoisotopic (exact) mass is 457 g/mol. The van der Waals surface area contributed by atoms with Crippen LogP contribution in [0, 0.1) is 19.8 Å². The first-order chi connectivity index (χ1) is 15.1. The molecule has 9 heteroatoms. The van der Waals surface area contributed by atoms with E-state index < -0.39 is 16.1 Å². The lowest BCUT2D eigenvalue weighted by molar-refractivity contribution is -0.123. The van der Waals surface area contributed by atoms with Crippen molar-refractivity contribution in [3.63, 3.8) is 0 Å². The van der Waals surface area contributed by atoms with Crippen LogP contribution >= 0.6 is 0 Å². The highest BCUT2D eigenvalue weighted by atomic mass is 32.2. The van der Waals surface area contributed by atoms with E-state index in [2.05, 4.69) is 10.6 Å². The fraction of sp³-hybridized carbons (Fsp3) is 0.391. The first-order valence-corrected chi connectivity index (χ1v) is 12.1. The van der Waals surface area contributed by atoms with Crippen molar-refractivity contribution in [2.45, 2.75) is 44.6 Å². The third kappa shape index (κ3) is 4.35. The lowest BCUT2D eigenvalue weighted by atomic mass is 9.97. The molecule has 4 rings (SSSR count). The van der Waals surface area contributed by atoms with Gasteiger partial charge in [-0.25, -0.2) is 8.42 Å². The van der Waals surface area contributed by atoms with E-state index in [4.69, 9.17) is 4.74 Å². The molecule has 0 aromatic heterocycles. The standard InChI is InChI=1S/C23H27N3O5S/c1-14-5-4-6-18(11-14)24-23(28)17-7-9-26(10-8-17)32(29,30)21-13-20-19(12-15(21)2)25-22(27)16(3)31-20/h4-6,11-13,16-17H,7-10H2,1-3H3,(H,24,28)(H,25,27)/t16-/m0/s1. The Morgan fingerprint density at radius 2 is 1.88 bits per heavy atom. The minimum absolute atomic E-state index is 0.0873. The predicted molar refractivity (Wildman–Crippen MR) is 121 cm³/mol. The van der Waals surface area contributed by atoms with Gasteiger partial charge in [0.05, 0.1) is 10.6 Å². The lowest BCUT2D eigenvalue weighted by Gasteiger charge is -2.31. The molecule has 0 radical (unpaired) electrons. The molecule has 0 saturated carbocycles. The first kappa shape index (κ1) is 22.3. The summed E-state index contributed by atoms with van der Waals surface area (Å²) in [6, 6.07) is 10.7. The number of benzene rings is 2. The highest BCUT2D eigenvalue weighted by molar-refractivity contribution is 7.89. The minimum Gasteiger partial charge on any atom is -0.479 e. The van der Waals surface area contributed by atoms with Gasteiger partial charge in [0, 0.05) is 30.8 Å². The first-order valence-electron chi connectivity index (χ1n) is 10.6. The van der Waals surface area contributed by atoms with E-state index in [0.29, 0.717) is 29.8 Å². The predicted octanol–water partition coefficient (Wildman–Crippen LogP) is 3.06. The van der Waals surface area contributed by atoms with Crippen LogP contribution in [0.3, 0.4) is 0 Å². The highest BCUT2D eigenvalue weighted by Gasteiger charge is 2.34. The van der Waals surface area contributed by atoms with Gasteiger partial charge in [0.1, 0.15) is 5.75 Å². The summed E-state index contributed by atoms with van der Waals surface area (Å²) in [5.41, 5.74) is 2.80. The molecule has 170 valence electrons. The average Bonchev–Trinajstić information content (AvgIpc) is 2.74. The molecule has 2 amide bonds. The van der Waals surface area contributed by atoms with Crippen molar-refractivity contribution in [3.05, 3.63) is 47.5 Å². The molecule has 0 bridgehead atoms.